The summed E-state index contributed by atoms with van der Waals surface area (Å²) in [4.78, 5) is 4.29. The zero-order chi connectivity index (χ0) is 14.8. The molecule has 0 aliphatic rings. The van der Waals surface area contributed by atoms with Crippen LogP contribution in [0.5, 0.6) is 0 Å². The number of nitrogens with one attached hydrogen (secondary N) is 1. The molecule has 0 radical (unpaired) electrons. The average molecular weight is 281 g/mol. The molecule has 3 nitrogen and oxygen atoms in total. The highest BCUT2D eigenvalue weighted by Gasteiger charge is 2.10. The monoisotopic (exact) mass is 281 g/mol. The van der Waals surface area contributed by atoms with Gasteiger partial charge in [0.15, 0.2) is 0 Å². The fourth-order valence-corrected chi connectivity index (χ4v) is 2.02. The summed E-state index contributed by atoms with van der Waals surface area (Å²) < 4.78 is 26.9. The summed E-state index contributed by atoms with van der Waals surface area (Å²) in [5.74, 6) is -0.992. The average Bonchev–Trinajstić information content (AvgIpc) is 2.50. The van der Waals surface area contributed by atoms with Crippen LogP contribution in [-0.2, 0) is 0 Å². The molecule has 0 saturated carbocycles. The first-order valence-electron chi connectivity index (χ1n) is 6.19. The summed E-state index contributed by atoms with van der Waals surface area (Å²) in [7, 11) is 0. The third-order valence-corrected chi connectivity index (χ3v) is 3.03. The second-order valence-corrected chi connectivity index (χ2v) is 4.44. The largest absolute Gasteiger partial charge is 0.337 e. The lowest BCUT2D eigenvalue weighted by Crippen LogP contribution is -2.00. The van der Waals surface area contributed by atoms with Crippen molar-refractivity contribution in [3.63, 3.8) is 0 Å². The first-order valence-corrected chi connectivity index (χ1v) is 6.19. The summed E-state index contributed by atoms with van der Waals surface area (Å²) in [6.45, 7) is 0. The molecule has 0 aliphatic carbocycles. The Morgan fingerprint density at radius 2 is 1.86 bits per heavy atom. The van der Waals surface area contributed by atoms with Crippen LogP contribution in [0.25, 0.3) is 10.9 Å². The molecule has 0 bridgehead atoms. The van der Waals surface area contributed by atoms with Crippen LogP contribution in [0.1, 0.15) is 5.56 Å². The van der Waals surface area contributed by atoms with Crippen molar-refractivity contribution < 1.29 is 8.78 Å². The van der Waals surface area contributed by atoms with Gasteiger partial charge < -0.3 is 5.32 Å². The summed E-state index contributed by atoms with van der Waals surface area (Å²) >= 11 is 0. The van der Waals surface area contributed by atoms with Gasteiger partial charge in [0.25, 0.3) is 0 Å². The number of nitrogens with zero attached hydrogens (tertiary/aromatic N) is 2. The Morgan fingerprint density at radius 1 is 1.05 bits per heavy atom. The van der Waals surface area contributed by atoms with Gasteiger partial charge in [0.1, 0.15) is 23.5 Å². The van der Waals surface area contributed by atoms with Crippen molar-refractivity contribution in [2.24, 2.45) is 0 Å². The van der Waals surface area contributed by atoms with Crippen LogP contribution in [0.15, 0.2) is 48.5 Å². The van der Waals surface area contributed by atoms with Gasteiger partial charge in [-0.1, -0.05) is 18.2 Å². The number of pyridine rings is 1. The second kappa shape index (κ2) is 5.17. The van der Waals surface area contributed by atoms with E-state index in [2.05, 4.69) is 10.3 Å². The van der Waals surface area contributed by atoms with Crippen molar-refractivity contribution in [3.05, 3.63) is 65.7 Å². The van der Waals surface area contributed by atoms with E-state index in [0.29, 0.717) is 5.52 Å². The van der Waals surface area contributed by atoms with Crippen molar-refractivity contribution in [3.8, 4) is 6.07 Å². The Morgan fingerprint density at radius 3 is 2.67 bits per heavy atom. The molecule has 1 heterocycles. The molecular formula is C16H9F2N3. The fourth-order valence-electron chi connectivity index (χ4n) is 2.02. The maximum Gasteiger partial charge on any atom is 0.149 e. The molecule has 2 aromatic carbocycles. The third-order valence-electron chi connectivity index (χ3n) is 3.03. The first kappa shape index (κ1) is 13.0. The number of hydrogen-bond acceptors (Lipinski definition) is 3. The Labute approximate surface area is 119 Å². The van der Waals surface area contributed by atoms with Crippen molar-refractivity contribution >= 4 is 22.4 Å². The maximum atomic E-state index is 13.7. The van der Waals surface area contributed by atoms with Crippen LogP contribution in [0.2, 0.25) is 0 Å². The lowest BCUT2D eigenvalue weighted by atomic mass is 10.1. The minimum atomic E-state index is -0.616. The molecule has 3 aromatic rings. The number of nitriles is 1. The zero-order valence-corrected chi connectivity index (χ0v) is 10.8. The molecule has 0 spiro atoms. The van der Waals surface area contributed by atoms with E-state index in [1.54, 1.807) is 12.1 Å². The molecule has 0 amide bonds. The van der Waals surface area contributed by atoms with Crippen LogP contribution in [0, 0.1) is 23.0 Å². The highest BCUT2D eigenvalue weighted by Crippen LogP contribution is 2.25. The van der Waals surface area contributed by atoms with Crippen LogP contribution in [0.4, 0.5) is 20.3 Å². The van der Waals surface area contributed by atoms with Gasteiger partial charge in [-0.2, -0.15) is 5.26 Å². The number of para-hydroxylation sites is 1. The topological polar surface area (TPSA) is 48.7 Å². The maximum absolute atomic E-state index is 13.7. The molecule has 3 rings (SSSR count). The van der Waals surface area contributed by atoms with Crippen molar-refractivity contribution in [2.75, 3.05) is 5.32 Å². The van der Waals surface area contributed by atoms with Crippen LogP contribution < -0.4 is 5.32 Å². The predicted molar refractivity (Wildman–Crippen MR) is 76.1 cm³/mol. The minimum absolute atomic E-state index is 0.0609. The number of aromatic nitrogens is 1. The van der Waals surface area contributed by atoms with Gasteiger partial charge in [0.05, 0.1) is 16.8 Å². The summed E-state index contributed by atoms with van der Waals surface area (Å²) in [6.07, 6.45) is 0. The molecule has 0 fully saturated rings. The van der Waals surface area contributed by atoms with Crippen LogP contribution in [-0.4, -0.2) is 4.98 Å². The molecule has 1 aromatic heterocycles. The number of benzene rings is 2. The van der Waals surface area contributed by atoms with Crippen LogP contribution >= 0.6 is 0 Å². The lowest BCUT2D eigenvalue weighted by Gasteiger charge is -2.09. The van der Waals surface area contributed by atoms with Gasteiger partial charge in [-0.05, 0) is 24.3 Å². The van der Waals surface area contributed by atoms with Gasteiger partial charge in [0.2, 0.25) is 0 Å². The van der Waals surface area contributed by atoms with Crippen molar-refractivity contribution in [1.29, 1.82) is 5.26 Å². The molecule has 0 unspecified atom stereocenters. The number of anilines is 2. The Kier molecular flexibility index (Phi) is 3.20. The van der Waals surface area contributed by atoms with E-state index in [9.17, 15) is 14.0 Å². The van der Waals surface area contributed by atoms with E-state index in [-0.39, 0.29) is 17.1 Å². The number of rotatable bonds is 2. The fraction of sp³-hybridized carbons (Fsp3) is 0. The van der Waals surface area contributed by atoms with Crippen molar-refractivity contribution in [1.82, 2.24) is 4.98 Å². The Bertz CT molecular complexity index is 869. The quantitative estimate of drug-likeness (QED) is 0.768. The van der Waals surface area contributed by atoms with Gasteiger partial charge in [-0.3, -0.25) is 0 Å². The molecule has 0 atom stereocenters. The van der Waals surface area contributed by atoms with Gasteiger partial charge in [-0.15, -0.1) is 0 Å². The van der Waals surface area contributed by atoms with E-state index in [1.807, 2.05) is 24.3 Å². The first-order chi connectivity index (χ1) is 10.2. The molecule has 0 aliphatic heterocycles. The van der Waals surface area contributed by atoms with Crippen LogP contribution in [0.3, 0.4) is 0 Å². The lowest BCUT2D eigenvalue weighted by molar-refractivity contribution is 0.603. The third kappa shape index (κ3) is 2.51. The van der Waals surface area contributed by atoms with E-state index >= 15 is 0 Å². The molecule has 1 N–H and O–H groups in total. The number of hydrogen-bond donors (Lipinski definition) is 1. The van der Waals surface area contributed by atoms with E-state index in [0.717, 1.165) is 23.6 Å². The van der Waals surface area contributed by atoms with E-state index < -0.39 is 11.6 Å². The van der Waals surface area contributed by atoms with Gasteiger partial charge in [-0.25, -0.2) is 13.8 Å². The molecule has 21 heavy (non-hydrogen) atoms. The molecule has 102 valence electrons. The van der Waals surface area contributed by atoms with Gasteiger partial charge >= 0.3 is 0 Å². The molecule has 5 heteroatoms. The second-order valence-electron chi connectivity index (χ2n) is 4.44. The predicted octanol–water partition coefficient (Wildman–Crippen LogP) is 4.13. The van der Waals surface area contributed by atoms with Gasteiger partial charge in [0, 0.05) is 11.5 Å². The van der Waals surface area contributed by atoms with E-state index in [1.165, 1.54) is 0 Å². The van der Waals surface area contributed by atoms with Crippen molar-refractivity contribution in [2.45, 2.75) is 0 Å². The summed E-state index contributed by atoms with van der Waals surface area (Å²) in [5.41, 5.74) is 0.863. The highest BCUT2D eigenvalue weighted by atomic mass is 19.1. The Balaban J connectivity index is 2.11. The minimum Gasteiger partial charge on any atom is -0.337 e. The molecular weight excluding hydrogens is 272 g/mol. The summed E-state index contributed by atoms with van der Waals surface area (Å²) in [5, 5.41) is 12.7. The highest BCUT2D eigenvalue weighted by molar-refractivity contribution is 5.83. The Hall–Kier alpha value is -3.00. The normalized spacial score (nSPS) is 10.3. The molecule has 0 saturated heterocycles. The van der Waals surface area contributed by atoms with E-state index in [4.69, 9.17) is 0 Å². The zero-order valence-electron chi connectivity index (χ0n) is 10.8. The number of fused-ring (bicyclic) bond motifs is 1. The number of halogens is 2. The standard InChI is InChI=1S/C16H9F2N3/c17-12-5-6-13(18)15(8-12)21-16-11(9-19)7-10-3-1-2-4-14(10)20-16/h1-8H,(H,20,21). The SMILES string of the molecule is N#Cc1cc2ccccc2nc1Nc1cc(F)ccc1F. The smallest absolute Gasteiger partial charge is 0.149 e. The summed E-state index contributed by atoms with van der Waals surface area (Å²) in [6, 6.07) is 14.0.